The van der Waals surface area contributed by atoms with E-state index in [1.54, 1.807) is 0 Å². The lowest BCUT2D eigenvalue weighted by molar-refractivity contribution is 0.124. The van der Waals surface area contributed by atoms with Crippen molar-refractivity contribution in [2.75, 3.05) is 0 Å². The molecule has 1 fully saturated rings. The minimum Gasteiger partial charge on any atom is -0.0654 e. The quantitative estimate of drug-likeness (QED) is 0.579. The highest BCUT2D eigenvalue weighted by molar-refractivity contribution is 4.81. The van der Waals surface area contributed by atoms with Crippen molar-refractivity contribution in [2.45, 2.75) is 72.6 Å². The van der Waals surface area contributed by atoms with Crippen LogP contribution in [0.4, 0.5) is 0 Å². The van der Waals surface area contributed by atoms with Crippen LogP contribution in [0.2, 0.25) is 0 Å². The molecule has 0 saturated heterocycles. The molecule has 0 radical (unpaired) electrons. The van der Waals surface area contributed by atoms with Crippen molar-refractivity contribution in [1.29, 1.82) is 0 Å². The van der Waals surface area contributed by atoms with Gasteiger partial charge in [-0.1, -0.05) is 59.8 Å². The number of rotatable bonds is 5. The molecule has 0 aromatic carbocycles. The van der Waals surface area contributed by atoms with Crippen LogP contribution in [0.25, 0.3) is 0 Å². The third-order valence-corrected chi connectivity index (χ3v) is 4.70. The van der Waals surface area contributed by atoms with Crippen LogP contribution in [-0.4, -0.2) is 0 Å². The molecular formula is C15H30. The molecule has 0 bridgehead atoms. The topological polar surface area (TPSA) is 0 Å². The van der Waals surface area contributed by atoms with Gasteiger partial charge in [0.05, 0.1) is 0 Å². The lowest BCUT2D eigenvalue weighted by atomic mass is 9.67. The second-order valence-corrected chi connectivity index (χ2v) is 5.69. The van der Waals surface area contributed by atoms with Crippen LogP contribution >= 0.6 is 0 Å². The molecule has 0 aliphatic heterocycles. The van der Waals surface area contributed by atoms with Crippen LogP contribution in [0.15, 0.2) is 0 Å². The molecule has 1 saturated carbocycles. The minimum absolute atomic E-state index is 0.986. The molecule has 1 aliphatic rings. The van der Waals surface area contributed by atoms with Crippen LogP contribution in [0, 0.1) is 23.7 Å². The second-order valence-electron chi connectivity index (χ2n) is 5.69. The SMILES string of the molecule is CCCC1CCC(C(CC)CC)C(C)C1. The Labute approximate surface area is 96.8 Å². The van der Waals surface area contributed by atoms with Crippen molar-refractivity contribution < 1.29 is 0 Å². The molecule has 3 unspecified atom stereocenters. The maximum atomic E-state index is 2.50. The molecule has 90 valence electrons. The Bertz CT molecular complexity index is 157. The summed E-state index contributed by atoms with van der Waals surface area (Å²) in [6.07, 6.45) is 10.2. The first-order valence-corrected chi connectivity index (χ1v) is 7.22. The van der Waals surface area contributed by atoms with Gasteiger partial charge in [-0.25, -0.2) is 0 Å². The Kier molecular flexibility index (Phi) is 5.71. The zero-order valence-corrected chi connectivity index (χ0v) is 11.3. The van der Waals surface area contributed by atoms with Crippen molar-refractivity contribution in [2.24, 2.45) is 23.7 Å². The molecule has 0 spiro atoms. The van der Waals surface area contributed by atoms with Gasteiger partial charge in [0.2, 0.25) is 0 Å². The van der Waals surface area contributed by atoms with Gasteiger partial charge in [-0.2, -0.15) is 0 Å². The summed E-state index contributed by atoms with van der Waals surface area (Å²) in [5, 5.41) is 0. The van der Waals surface area contributed by atoms with Crippen molar-refractivity contribution in [3.8, 4) is 0 Å². The molecule has 3 atom stereocenters. The van der Waals surface area contributed by atoms with E-state index in [1.807, 2.05) is 0 Å². The molecule has 0 nitrogen and oxygen atoms in total. The minimum atomic E-state index is 0.986. The van der Waals surface area contributed by atoms with Gasteiger partial charge in [-0.05, 0) is 36.5 Å². The predicted molar refractivity (Wildman–Crippen MR) is 69.0 cm³/mol. The van der Waals surface area contributed by atoms with E-state index in [1.165, 1.54) is 44.9 Å². The summed E-state index contributed by atoms with van der Waals surface area (Å²) in [6, 6.07) is 0. The molecule has 1 rings (SSSR count). The summed E-state index contributed by atoms with van der Waals surface area (Å²) in [5.41, 5.74) is 0. The Balaban J connectivity index is 2.44. The van der Waals surface area contributed by atoms with Gasteiger partial charge in [0, 0.05) is 0 Å². The predicted octanol–water partition coefficient (Wildman–Crippen LogP) is 5.28. The van der Waals surface area contributed by atoms with Gasteiger partial charge >= 0.3 is 0 Å². The largest absolute Gasteiger partial charge is 0.0654 e. The van der Waals surface area contributed by atoms with Crippen LogP contribution < -0.4 is 0 Å². The van der Waals surface area contributed by atoms with E-state index in [0.717, 1.165) is 23.7 Å². The van der Waals surface area contributed by atoms with Gasteiger partial charge < -0.3 is 0 Å². The van der Waals surface area contributed by atoms with Gasteiger partial charge in [-0.15, -0.1) is 0 Å². The van der Waals surface area contributed by atoms with E-state index in [0.29, 0.717) is 0 Å². The summed E-state index contributed by atoms with van der Waals surface area (Å²) in [4.78, 5) is 0. The average molecular weight is 210 g/mol. The van der Waals surface area contributed by atoms with Gasteiger partial charge in [0.15, 0.2) is 0 Å². The Morgan fingerprint density at radius 3 is 2.20 bits per heavy atom. The highest BCUT2D eigenvalue weighted by Crippen LogP contribution is 2.41. The van der Waals surface area contributed by atoms with Crippen molar-refractivity contribution in [3.63, 3.8) is 0 Å². The normalized spacial score (nSPS) is 32.2. The fourth-order valence-corrected chi connectivity index (χ4v) is 3.80. The fraction of sp³-hybridized carbons (Fsp3) is 1.00. The van der Waals surface area contributed by atoms with Gasteiger partial charge in [0.25, 0.3) is 0 Å². The van der Waals surface area contributed by atoms with Crippen LogP contribution in [0.3, 0.4) is 0 Å². The summed E-state index contributed by atoms with van der Waals surface area (Å²) in [6.45, 7) is 9.58. The molecule has 0 aromatic rings. The fourth-order valence-electron chi connectivity index (χ4n) is 3.80. The van der Waals surface area contributed by atoms with Crippen LogP contribution in [0.1, 0.15) is 72.6 Å². The molecule has 0 heteroatoms. The maximum absolute atomic E-state index is 2.50. The zero-order valence-electron chi connectivity index (χ0n) is 11.3. The van der Waals surface area contributed by atoms with E-state index in [-0.39, 0.29) is 0 Å². The smallest absolute Gasteiger partial charge is 0.0360 e. The number of hydrogen-bond acceptors (Lipinski definition) is 0. The zero-order chi connectivity index (χ0) is 11.3. The third-order valence-electron chi connectivity index (χ3n) is 4.70. The standard InChI is InChI=1S/C15H30/c1-5-8-13-9-10-15(12(4)11-13)14(6-2)7-3/h12-15H,5-11H2,1-4H3. The summed E-state index contributed by atoms with van der Waals surface area (Å²) in [7, 11) is 0. The Morgan fingerprint density at radius 1 is 1.07 bits per heavy atom. The molecule has 0 N–H and O–H groups in total. The Morgan fingerprint density at radius 2 is 1.73 bits per heavy atom. The maximum Gasteiger partial charge on any atom is -0.0360 e. The molecule has 0 aromatic heterocycles. The van der Waals surface area contributed by atoms with Gasteiger partial charge in [-0.3, -0.25) is 0 Å². The monoisotopic (exact) mass is 210 g/mol. The van der Waals surface area contributed by atoms with Crippen LogP contribution in [0.5, 0.6) is 0 Å². The summed E-state index contributed by atoms with van der Waals surface area (Å²) < 4.78 is 0. The van der Waals surface area contributed by atoms with Crippen molar-refractivity contribution >= 4 is 0 Å². The summed E-state index contributed by atoms with van der Waals surface area (Å²) in [5.74, 6) is 4.08. The molecule has 1 aliphatic carbocycles. The lowest BCUT2D eigenvalue weighted by Crippen LogP contribution is -2.28. The Hall–Kier alpha value is 0. The summed E-state index contributed by atoms with van der Waals surface area (Å²) >= 11 is 0. The second kappa shape index (κ2) is 6.55. The van der Waals surface area contributed by atoms with Crippen LogP contribution in [-0.2, 0) is 0 Å². The number of hydrogen-bond donors (Lipinski definition) is 0. The van der Waals surface area contributed by atoms with E-state index in [9.17, 15) is 0 Å². The first kappa shape index (κ1) is 13.1. The average Bonchev–Trinajstić information content (AvgIpc) is 2.23. The van der Waals surface area contributed by atoms with E-state index < -0.39 is 0 Å². The molecular weight excluding hydrogens is 180 g/mol. The first-order chi connectivity index (χ1) is 7.22. The van der Waals surface area contributed by atoms with E-state index >= 15 is 0 Å². The third kappa shape index (κ3) is 3.50. The van der Waals surface area contributed by atoms with E-state index in [2.05, 4.69) is 27.7 Å². The highest BCUT2D eigenvalue weighted by atomic mass is 14.4. The van der Waals surface area contributed by atoms with E-state index in [4.69, 9.17) is 0 Å². The molecule has 15 heavy (non-hydrogen) atoms. The van der Waals surface area contributed by atoms with Crippen molar-refractivity contribution in [3.05, 3.63) is 0 Å². The molecule has 0 amide bonds. The molecule has 0 heterocycles. The highest BCUT2D eigenvalue weighted by Gasteiger charge is 2.30. The van der Waals surface area contributed by atoms with Crippen molar-refractivity contribution in [1.82, 2.24) is 0 Å². The lowest BCUT2D eigenvalue weighted by Gasteiger charge is -2.38. The van der Waals surface area contributed by atoms with Gasteiger partial charge in [0.1, 0.15) is 0 Å². The first-order valence-electron chi connectivity index (χ1n) is 7.22.